The minimum Gasteiger partial charge on any atom is -0.381 e. The zero-order valence-corrected chi connectivity index (χ0v) is 16.2. The highest BCUT2D eigenvalue weighted by Crippen LogP contribution is 2.67. The lowest BCUT2D eigenvalue weighted by Crippen LogP contribution is -2.50. The van der Waals surface area contributed by atoms with Gasteiger partial charge in [0.05, 0.1) is 6.10 Å². The number of fused-ring (bicyclic) bond motifs is 5. The SMILES string of the molecule is C=C(C)C1CCC2C3CC=C4C[C@@H](OC)CC[C@]4(C)C3CC[C@]12C. The van der Waals surface area contributed by atoms with E-state index in [9.17, 15) is 0 Å². The molecule has 0 aromatic rings. The van der Waals surface area contributed by atoms with Crippen LogP contribution in [0, 0.1) is 34.5 Å². The van der Waals surface area contributed by atoms with Crippen molar-refractivity contribution in [1.29, 1.82) is 0 Å². The molecule has 7 atom stereocenters. The lowest BCUT2D eigenvalue weighted by molar-refractivity contribution is -0.0492. The summed E-state index contributed by atoms with van der Waals surface area (Å²) in [6, 6.07) is 0. The van der Waals surface area contributed by atoms with Crippen molar-refractivity contribution in [2.24, 2.45) is 34.5 Å². The molecule has 0 amide bonds. The third-order valence-electron chi connectivity index (χ3n) is 8.99. The van der Waals surface area contributed by atoms with Crippen LogP contribution >= 0.6 is 0 Å². The normalized spacial score (nSPS) is 50.5. The van der Waals surface area contributed by atoms with Gasteiger partial charge < -0.3 is 4.74 Å². The summed E-state index contributed by atoms with van der Waals surface area (Å²) in [4.78, 5) is 0. The third kappa shape index (κ3) is 2.23. The highest BCUT2D eigenvalue weighted by Gasteiger charge is 2.58. The molecule has 134 valence electrons. The summed E-state index contributed by atoms with van der Waals surface area (Å²) < 4.78 is 5.70. The van der Waals surface area contributed by atoms with Crippen molar-refractivity contribution in [2.45, 2.75) is 78.2 Å². The molecule has 1 nitrogen and oxygen atoms in total. The minimum absolute atomic E-state index is 0.459. The average Bonchev–Trinajstić information content (AvgIpc) is 2.91. The van der Waals surface area contributed by atoms with Gasteiger partial charge in [-0.05, 0) is 92.8 Å². The van der Waals surface area contributed by atoms with Gasteiger partial charge in [0.15, 0.2) is 0 Å². The molecular weight excluding hydrogens is 292 g/mol. The van der Waals surface area contributed by atoms with Crippen LogP contribution in [0.1, 0.15) is 72.1 Å². The van der Waals surface area contributed by atoms with Crippen molar-refractivity contribution in [2.75, 3.05) is 7.11 Å². The van der Waals surface area contributed by atoms with Crippen LogP contribution in [-0.2, 0) is 4.74 Å². The van der Waals surface area contributed by atoms with Crippen molar-refractivity contribution >= 4 is 0 Å². The molecule has 0 saturated heterocycles. The van der Waals surface area contributed by atoms with Gasteiger partial charge in [-0.25, -0.2) is 0 Å². The van der Waals surface area contributed by atoms with Gasteiger partial charge in [0.2, 0.25) is 0 Å². The zero-order chi connectivity index (χ0) is 17.1. The van der Waals surface area contributed by atoms with Gasteiger partial charge in [-0.15, -0.1) is 0 Å². The monoisotopic (exact) mass is 328 g/mol. The number of hydrogen-bond donors (Lipinski definition) is 0. The molecule has 0 aromatic carbocycles. The smallest absolute Gasteiger partial charge is 0.0608 e. The molecule has 4 aliphatic carbocycles. The van der Waals surface area contributed by atoms with Crippen LogP contribution in [0.5, 0.6) is 0 Å². The maximum atomic E-state index is 5.70. The molecule has 0 N–H and O–H groups in total. The van der Waals surface area contributed by atoms with E-state index in [1.807, 2.05) is 7.11 Å². The fourth-order valence-corrected chi connectivity index (χ4v) is 7.64. The number of ether oxygens (including phenoxy) is 1. The van der Waals surface area contributed by atoms with E-state index >= 15 is 0 Å². The van der Waals surface area contributed by atoms with Gasteiger partial charge in [0.25, 0.3) is 0 Å². The molecule has 0 heterocycles. The number of methoxy groups -OCH3 is 1. The molecule has 4 unspecified atom stereocenters. The quantitative estimate of drug-likeness (QED) is 0.552. The molecule has 0 aromatic heterocycles. The Bertz CT molecular complexity index is 560. The largest absolute Gasteiger partial charge is 0.381 e. The van der Waals surface area contributed by atoms with E-state index in [1.165, 1.54) is 56.9 Å². The molecule has 4 rings (SSSR count). The summed E-state index contributed by atoms with van der Waals surface area (Å²) in [5.74, 6) is 3.52. The molecule has 0 bridgehead atoms. The van der Waals surface area contributed by atoms with Gasteiger partial charge in [-0.1, -0.05) is 37.6 Å². The molecule has 3 saturated carbocycles. The summed E-state index contributed by atoms with van der Waals surface area (Å²) >= 11 is 0. The van der Waals surface area contributed by atoms with Crippen molar-refractivity contribution < 1.29 is 4.74 Å². The summed E-state index contributed by atoms with van der Waals surface area (Å²) in [5, 5.41) is 0. The lowest BCUT2D eigenvalue weighted by atomic mass is 9.47. The Balaban J connectivity index is 1.63. The van der Waals surface area contributed by atoms with E-state index in [2.05, 4.69) is 33.4 Å². The van der Waals surface area contributed by atoms with Crippen LogP contribution in [0.15, 0.2) is 23.8 Å². The molecule has 1 heteroatoms. The lowest BCUT2D eigenvalue weighted by Gasteiger charge is -2.58. The Morgan fingerprint density at radius 3 is 2.62 bits per heavy atom. The molecule has 3 fully saturated rings. The van der Waals surface area contributed by atoms with Gasteiger partial charge >= 0.3 is 0 Å². The third-order valence-corrected chi connectivity index (χ3v) is 8.99. The second-order valence-electron chi connectivity index (χ2n) is 9.88. The molecule has 0 spiro atoms. The Morgan fingerprint density at radius 2 is 1.92 bits per heavy atom. The molecule has 4 aliphatic rings. The summed E-state index contributed by atoms with van der Waals surface area (Å²) in [6.45, 7) is 11.8. The molecular formula is C23H36O. The Morgan fingerprint density at radius 1 is 1.12 bits per heavy atom. The van der Waals surface area contributed by atoms with Crippen LogP contribution in [0.25, 0.3) is 0 Å². The van der Waals surface area contributed by atoms with E-state index in [1.54, 1.807) is 5.57 Å². The summed E-state index contributed by atoms with van der Waals surface area (Å²) in [5.41, 5.74) is 4.16. The van der Waals surface area contributed by atoms with E-state index in [0.29, 0.717) is 16.9 Å². The Hall–Kier alpha value is -0.560. The second-order valence-corrected chi connectivity index (χ2v) is 9.88. The molecule has 0 radical (unpaired) electrons. The van der Waals surface area contributed by atoms with E-state index in [4.69, 9.17) is 4.74 Å². The minimum atomic E-state index is 0.459. The fraction of sp³-hybridized carbons (Fsp3) is 0.826. The number of hydrogen-bond acceptors (Lipinski definition) is 1. The standard InChI is InChI=1S/C23H36O/c1-15(2)19-8-9-20-18-7-6-16-14-17(24-5)10-12-22(16,3)21(18)11-13-23(19,20)4/h6,17-21H,1,7-14H2,2-5H3/t17-,18?,19?,20?,21?,22-,23+/m0/s1. The van der Waals surface area contributed by atoms with Crippen LogP contribution in [0.4, 0.5) is 0 Å². The first-order chi connectivity index (χ1) is 11.4. The van der Waals surface area contributed by atoms with Crippen molar-refractivity contribution in [3.8, 4) is 0 Å². The Labute approximate surface area is 148 Å². The first-order valence-corrected chi connectivity index (χ1v) is 10.3. The maximum Gasteiger partial charge on any atom is 0.0608 e. The average molecular weight is 329 g/mol. The predicted molar refractivity (Wildman–Crippen MR) is 101 cm³/mol. The summed E-state index contributed by atoms with van der Waals surface area (Å²) in [6.07, 6.45) is 13.9. The second kappa shape index (κ2) is 5.73. The first-order valence-electron chi connectivity index (χ1n) is 10.3. The van der Waals surface area contributed by atoms with Crippen LogP contribution in [0.3, 0.4) is 0 Å². The zero-order valence-electron chi connectivity index (χ0n) is 16.2. The highest BCUT2D eigenvalue weighted by molar-refractivity contribution is 5.26. The van der Waals surface area contributed by atoms with Crippen molar-refractivity contribution in [3.63, 3.8) is 0 Å². The van der Waals surface area contributed by atoms with Crippen LogP contribution in [-0.4, -0.2) is 13.2 Å². The molecule has 0 aliphatic heterocycles. The predicted octanol–water partition coefficient (Wildman–Crippen LogP) is 6.16. The van der Waals surface area contributed by atoms with Gasteiger partial charge in [-0.3, -0.25) is 0 Å². The van der Waals surface area contributed by atoms with E-state index in [-0.39, 0.29) is 0 Å². The fourth-order valence-electron chi connectivity index (χ4n) is 7.64. The van der Waals surface area contributed by atoms with Crippen LogP contribution < -0.4 is 0 Å². The van der Waals surface area contributed by atoms with Gasteiger partial charge in [0.1, 0.15) is 0 Å². The first kappa shape index (κ1) is 16.9. The molecule has 24 heavy (non-hydrogen) atoms. The van der Waals surface area contributed by atoms with Gasteiger partial charge in [-0.2, -0.15) is 0 Å². The Kier molecular flexibility index (Phi) is 4.03. The number of rotatable bonds is 2. The van der Waals surface area contributed by atoms with Crippen molar-refractivity contribution in [3.05, 3.63) is 23.8 Å². The van der Waals surface area contributed by atoms with E-state index < -0.39 is 0 Å². The highest BCUT2D eigenvalue weighted by atomic mass is 16.5. The van der Waals surface area contributed by atoms with Crippen molar-refractivity contribution in [1.82, 2.24) is 0 Å². The van der Waals surface area contributed by atoms with E-state index in [0.717, 1.165) is 23.7 Å². The summed E-state index contributed by atoms with van der Waals surface area (Å²) in [7, 11) is 1.89. The topological polar surface area (TPSA) is 9.23 Å². The van der Waals surface area contributed by atoms with Gasteiger partial charge in [0, 0.05) is 7.11 Å². The number of allylic oxidation sites excluding steroid dienone is 2. The maximum absolute atomic E-state index is 5.70. The van der Waals surface area contributed by atoms with Crippen LogP contribution in [0.2, 0.25) is 0 Å².